The summed E-state index contributed by atoms with van der Waals surface area (Å²) < 4.78 is 4.03. The molecule has 3 aromatic rings. The van der Waals surface area contributed by atoms with Crippen molar-refractivity contribution >= 4 is 34.1 Å². The predicted octanol–water partition coefficient (Wildman–Crippen LogP) is 3.45. The van der Waals surface area contributed by atoms with Gasteiger partial charge in [0.15, 0.2) is 5.65 Å². The molecular formula is C14H18ClN5S. The number of imidazole rings is 1. The van der Waals surface area contributed by atoms with Gasteiger partial charge in [-0.3, -0.25) is 4.68 Å². The highest BCUT2D eigenvalue weighted by atomic mass is 35.5. The molecular weight excluding hydrogens is 306 g/mol. The molecule has 112 valence electrons. The van der Waals surface area contributed by atoms with E-state index < -0.39 is 0 Å². The molecule has 0 aliphatic carbocycles. The molecule has 5 nitrogen and oxygen atoms in total. The van der Waals surface area contributed by atoms with E-state index in [0.29, 0.717) is 5.88 Å². The molecule has 0 aliphatic rings. The Hall–Kier alpha value is -1.40. The molecule has 0 radical (unpaired) electrons. The molecule has 0 aliphatic heterocycles. The Labute approximate surface area is 132 Å². The number of nitrogens with zero attached hydrogens (tertiary/aromatic N) is 5. The number of hydrogen-bond acceptors (Lipinski definition) is 4. The molecule has 1 unspecified atom stereocenters. The predicted molar refractivity (Wildman–Crippen MR) is 86.1 cm³/mol. The zero-order valence-electron chi connectivity index (χ0n) is 12.6. The molecule has 0 N–H and O–H groups in total. The minimum absolute atomic E-state index is 0.101. The quantitative estimate of drug-likeness (QED) is 0.691. The first kappa shape index (κ1) is 14.5. The lowest BCUT2D eigenvalue weighted by atomic mass is 10.3. The van der Waals surface area contributed by atoms with E-state index in [1.54, 1.807) is 11.3 Å². The van der Waals surface area contributed by atoms with Gasteiger partial charge in [0, 0.05) is 18.1 Å². The molecule has 0 amide bonds. The van der Waals surface area contributed by atoms with E-state index in [9.17, 15) is 0 Å². The standard InChI is InChI=1S/C14H18ClN5S/c1-5-10-7-16-13(21-10)9(3)20-11(6-15)17-12-8(2)18-19(4)14(12)20/h7,9H,5-6H2,1-4H3. The van der Waals surface area contributed by atoms with Crippen LogP contribution in [0.15, 0.2) is 6.20 Å². The number of aryl methyl sites for hydroxylation is 3. The van der Waals surface area contributed by atoms with Crippen LogP contribution in [-0.4, -0.2) is 24.3 Å². The third-order valence-corrected chi connectivity index (χ3v) is 5.24. The van der Waals surface area contributed by atoms with Crippen molar-refractivity contribution in [1.82, 2.24) is 24.3 Å². The minimum Gasteiger partial charge on any atom is -0.302 e. The van der Waals surface area contributed by atoms with Gasteiger partial charge < -0.3 is 4.57 Å². The van der Waals surface area contributed by atoms with Crippen LogP contribution in [-0.2, 0) is 19.3 Å². The molecule has 0 bridgehead atoms. The lowest BCUT2D eigenvalue weighted by Gasteiger charge is -2.14. The summed E-state index contributed by atoms with van der Waals surface area (Å²) >= 11 is 7.85. The molecule has 0 aromatic carbocycles. The van der Waals surface area contributed by atoms with Gasteiger partial charge in [-0.15, -0.1) is 22.9 Å². The molecule has 0 fully saturated rings. The Morgan fingerprint density at radius 2 is 2.19 bits per heavy atom. The lowest BCUT2D eigenvalue weighted by molar-refractivity contribution is 0.604. The maximum Gasteiger partial charge on any atom is 0.159 e. The van der Waals surface area contributed by atoms with Gasteiger partial charge in [-0.05, 0) is 20.3 Å². The summed E-state index contributed by atoms with van der Waals surface area (Å²) in [6.07, 6.45) is 2.97. The number of rotatable bonds is 4. The summed E-state index contributed by atoms with van der Waals surface area (Å²) in [7, 11) is 1.94. The van der Waals surface area contributed by atoms with Crippen LogP contribution in [0.3, 0.4) is 0 Å². The van der Waals surface area contributed by atoms with Gasteiger partial charge in [0.25, 0.3) is 0 Å². The number of hydrogen-bond donors (Lipinski definition) is 0. The summed E-state index contributed by atoms with van der Waals surface area (Å²) in [6.45, 7) is 6.25. The molecule has 3 heterocycles. The van der Waals surface area contributed by atoms with Crippen LogP contribution >= 0.6 is 22.9 Å². The highest BCUT2D eigenvalue weighted by molar-refractivity contribution is 7.11. The summed E-state index contributed by atoms with van der Waals surface area (Å²) in [6, 6.07) is 0.101. The van der Waals surface area contributed by atoms with Crippen LogP contribution in [0.2, 0.25) is 0 Å². The van der Waals surface area contributed by atoms with E-state index in [2.05, 4.69) is 33.5 Å². The van der Waals surface area contributed by atoms with Gasteiger partial charge in [-0.1, -0.05) is 6.92 Å². The summed E-state index contributed by atoms with van der Waals surface area (Å²) in [5.41, 5.74) is 2.86. The number of fused-ring (bicyclic) bond motifs is 1. The van der Waals surface area contributed by atoms with Crippen molar-refractivity contribution in [2.45, 2.75) is 39.1 Å². The highest BCUT2D eigenvalue weighted by Crippen LogP contribution is 2.30. The highest BCUT2D eigenvalue weighted by Gasteiger charge is 2.23. The van der Waals surface area contributed by atoms with E-state index in [4.69, 9.17) is 11.6 Å². The second-order valence-electron chi connectivity index (χ2n) is 5.11. The SMILES string of the molecule is CCc1cnc(C(C)n2c(CCl)nc3c(C)nn(C)c32)s1. The van der Waals surface area contributed by atoms with Crippen LogP contribution in [0.25, 0.3) is 11.2 Å². The van der Waals surface area contributed by atoms with Crippen molar-refractivity contribution in [2.24, 2.45) is 7.05 Å². The third-order valence-electron chi connectivity index (χ3n) is 3.69. The normalized spacial score (nSPS) is 13.2. The second-order valence-corrected chi connectivity index (χ2v) is 6.52. The zero-order valence-corrected chi connectivity index (χ0v) is 14.2. The van der Waals surface area contributed by atoms with Crippen molar-refractivity contribution in [3.8, 4) is 0 Å². The van der Waals surface area contributed by atoms with Crippen molar-refractivity contribution in [2.75, 3.05) is 0 Å². The zero-order chi connectivity index (χ0) is 15.1. The average molecular weight is 324 g/mol. The summed E-state index contributed by atoms with van der Waals surface area (Å²) in [4.78, 5) is 10.5. The number of thiazole rings is 1. The number of alkyl halides is 1. The Balaban J connectivity index is 2.17. The van der Waals surface area contributed by atoms with Gasteiger partial charge >= 0.3 is 0 Å². The van der Waals surface area contributed by atoms with Crippen molar-refractivity contribution in [1.29, 1.82) is 0 Å². The maximum atomic E-state index is 6.10. The van der Waals surface area contributed by atoms with E-state index in [1.807, 2.05) is 24.9 Å². The fraction of sp³-hybridized carbons (Fsp3) is 0.500. The van der Waals surface area contributed by atoms with E-state index >= 15 is 0 Å². The first-order chi connectivity index (χ1) is 10.1. The van der Waals surface area contributed by atoms with Gasteiger partial charge in [0.05, 0.1) is 17.6 Å². The maximum absolute atomic E-state index is 6.10. The summed E-state index contributed by atoms with van der Waals surface area (Å²) in [5, 5.41) is 5.54. The molecule has 7 heteroatoms. The molecule has 21 heavy (non-hydrogen) atoms. The first-order valence-corrected chi connectivity index (χ1v) is 8.32. The van der Waals surface area contributed by atoms with Gasteiger partial charge in [-0.25, -0.2) is 9.97 Å². The van der Waals surface area contributed by atoms with Crippen LogP contribution in [0.5, 0.6) is 0 Å². The van der Waals surface area contributed by atoms with Crippen molar-refractivity contribution in [3.63, 3.8) is 0 Å². The molecule has 3 rings (SSSR count). The second kappa shape index (κ2) is 5.42. The monoisotopic (exact) mass is 323 g/mol. The number of halogens is 1. The van der Waals surface area contributed by atoms with E-state index in [-0.39, 0.29) is 6.04 Å². The fourth-order valence-corrected chi connectivity index (χ4v) is 3.72. The van der Waals surface area contributed by atoms with Gasteiger partial charge in [-0.2, -0.15) is 5.10 Å². The fourth-order valence-electron chi connectivity index (χ4n) is 2.63. The molecule has 1 atom stereocenters. The van der Waals surface area contributed by atoms with E-state index in [0.717, 1.165) is 34.1 Å². The molecule has 0 saturated carbocycles. The Bertz CT molecular complexity index is 785. The van der Waals surface area contributed by atoms with E-state index in [1.165, 1.54) is 4.88 Å². The van der Waals surface area contributed by atoms with Crippen LogP contribution < -0.4 is 0 Å². The van der Waals surface area contributed by atoms with Gasteiger partial charge in [0.2, 0.25) is 0 Å². The minimum atomic E-state index is 0.101. The van der Waals surface area contributed by atoms with Gasteiger partial charge in [0.1, 0.15) is 16.3 Å². The van der Waals surface area contributed by atoms with Crippen LogP contribution in [0, 0.1) is 6.92 Å². The van der Waals surface area contributed by atoms with Crippen LogP contribution in [0.1, 0.15) is 41.3 Å². The lowest BCUT2D eigenvalue weighted by Crippen LogP contribution is -2.12. The Morgan fingerprint density at radius 3 is 2.81 bits per heavy atom. The smallest absolute Gasteiger partial charge is 0.159 e. The first-order valence-electron chi connectivity index (χ1n) is 6.97. The molecule has 3 aromatic heterocycles. The largest absolute Gasteiger partial charge is 0.302 e. The van der Waals surface area contributed by atoms with Crippen LogP contribution in [0.4, 0.5) is 0 Å². The Kier molecular flexibility index (Phi) is 3.75. The number of aromatic nitrogens is 5. The topological polar surface area (TPSA) is 48.5 Å². The Morgan fingerprint density at radius 1 is 1.43 bits per heavy atom. The molecule has 0 saturated heterocycles. The average Bonchev–Trinajstić information content (AvgIpc) is 3.15. The van der Waals surface area contributed by atoms with Crippen molar-refractivity contribution in [3.05, 3.63) is 27.6 Å². The summed E-state index contributed by atoms with van der Waals surface area (Å²) in [5.74, 6) is 1.24. The van der Waals surface area contributed by atoms with Crippen molar-refractivity contribution < 1.29 is 0 Å². The molecule has 0 spiro atoms. The third kappa shape index (κ3) is 2.26.